The minimum Gasteiger partial charge on any atom is -0.351 e. The predicted molar refractivity (Wildman–Crippen MR) is 124 cm³/mol. The summed E-state index contributed by atoms with van der Waals surface area (Å²) in [5.41, 5.74) is 0. The maximum atomic E-state index is 12.0. The summed E-state index contributed by atoms with van der Waals surface area (Å²) in [7, 11) is -4.51. The van der Waals surface area contributed by atoms with Crippen molar-refractivity contribution in [2.24, 2.45) is 5.92 Å². The Morgan fingerprint density at radius 3 is 1.90 bits per heavy atom. The zero-order valence-electron chi connectivity index (χ0n) is 19.5. The van der Waals surface area contributed by atoms with Gasteiger partial charge in [-0.2, -0.15) is 0 Å². The molecule has 0 unspecified atom stereocenters. The Morgan fingerprint density at radius 1 is 0.900 bits per heavy atom. The van der Waals surface area contributed by atoms with E-state index in [2.05, 4.69) is 28.9 Å². The summed E-state index contributed by atoms with van der Waals surface area (Å²) in [5.74, 6) is -0.0461. The third kappa shape index (κ3) is 20.6. The third-order valence-electron chi connectivity index (χ3n) is 5.24. The van der Waals surface area contributed by atoms with Gasteiger partial charge in [0.25, 0.3) is 0 Å². The third-order valence-corrected chi connectivity index (χ3v) is 5.72. The van der Waals surface area contributed by atoms with Crippen LogP contribution in [0.3, 0.4) is 0 Å². The van der Waals surface area contributed by atoms with E-state index in [0.717, 1.165) is 25.7 Å². The molecule has 30 heavy (non-hydrogen) atoms. The van der Waals surface area contributed by atoms with Gasteiger partial charge in [-0.3, -0.25) is 9.32 Å². The van der Waals surface area contributed by atoms with E-state index >= 15 is 0 Å². The molecule has 0 rings (SSSR count). The lowest BCUT2D eigenvalue weighted by Crippen LogP contribution is -2.41. The van der Waals surface area contributed by atoms with Crippen LogP contribution in [-0.2, 0) is 13.9 Å². The van der Waals surface area contributed by atoms with Gasteiger partial charge in [0.15, 0.2) is 0 Å². The van der Waals surface area contributed by atoms with Gasteiger partial charge in [0.05, 0.1) is 12.6 Å². The fraction of sp³-hybridized carbons (Fsp3) is 0.870. The lowest BCUT2D eigenvalue weighted by molar-refractivity contribution is -0.122. The van der Waals surface area contributed by atoms with Gasteiger partial charge in [0.1, 0.15) is 0 Å². The monoisotopic (exact) mass is 447 g/mol. The number of hydrogen-bond acceptors (Lipinski definition) is 3. The van der Waals surface area contributed by atoms with Gasteiger partial charge in [0.2, 0.25) is 5.91 Å². The Hall–Kier alpha value is -0.680. The molecule has 0 aromatic heterocycles. The highest BCUT2D eigenvalue weighted by Gasteiger charge is 2.21. The van der Waals surface area contributed by atoms with E-state index in [1.165, 1.54) is 57.8 Å². The first kappa shape index (κ1) is 29.3. The van der Waals surface area contributed by atoms with Crippen molar-refractivity contribution in [3.05, 3.63) is 12.2 Å². The summed E-state index contributed by atoms with van der Waals surface area (Å²) in [6.07, 6.45) is 20.9. The van der Waals surface area contributed by atoms with E-state index in [1.807, 2.05) is 13.8 Å². The van der Waals surface area contributed by atoms with Crippen molar-refractivity contribution in [3.63, 3.8) is 0 Å². The average Bonchev–Trinajstić information content (AvgIpc) is 2.67. The summed E-state index contributed by atoms with van der Waals surface area (Å²) in [5, 5.41) is 2.82. The average molecular weight is 448 g/mol. The Kier molecular flexibility index (Phi) is 18.6. The summed E-state index contributed by atoms with van der Waals surface area (Å²) in [6.45, 7) is 5.84. The van der Waals surface area contributed by atoms with Crippen molar-refractivity contribution in [1.29, 1.82) is 0 Å². The van der Waals surface area contributed by atoms with Crippen LogP contribution in [0.15, 0.2) is 12.2 Å². The van der Waals surface area contributed by atoms with E-state index in [4.69, 9.17) is 9.79 Å². The van der Waals surface area contributed by atoms with Crippen LogP contribution in [0, 0.1) is 5.92 Å². The number of carbonyl (C=O) groups excluding carboxylic acids is 1. The summed E-state index contributed by atoms with van der Waals surface area (Å²) >= 11 is 0. The highest BCUT2D eigenvalue weighted by Crippen LogP contribution is 2.36. The molecule has 0 heterocycles. The smallest absolute Gasteiger partial charge is 0.351 e. The maximum Gasteiger partial charge on any atom is 0.469 e. The molecule has 0 aliphatic carbocycles. The second-order valence-electron chi connectivity index (χ2n) is 8.54. The maximum absolute atomic E-state index is 12.0. The molecule has 0 aliphatic rings. The van der Waals surface area contributed by atoms with E-state index in [0.29, 0.717) is 6.42 Å². The summed E-state index contributed by atoms with van der Waals surface area (Å²) in [4.78, 5) is 29.7. The van der Waals surface area contributed by atoms with Gasteiger partial charge in [-0.15, -0.1) is 0 Å². The van der Waals surface area contributed by atoms with Gasteiger partial charge in [0, 0.05) is 6.42 Å². The fourth-order valence-corrected chi connectivity index (χ4v) is 3.57. The van der Waals surface area contributed by atoms with Crippen molar-refractivity contribution in [3.8, 4) is 0 Å². The topological polar surface area (TPSA) is 95.9 Å². The molecule has 0 aromatic carbocycles. The van der Waals surface area contributed by atoms with E-state index in [9.17, 15) is 9.36 Å². The standard InChI is InChI=1S/C23H46NO5P/c1-4-5-6-7-8-9-10-11-12-13-14-15-16-17-18-19-23(25)24-22(21(2)3)20-29-30(26,27)28/h11-12,21-22H,4-10,13-20H2,1-3H3,(H,24,25)(H2,26,27,28)/b12-11-/t22-/m1/s1. The van der Waals surface area contributed by atoms with E-state index < -0.39 is 13.9 Å². The largest absolute Gasteiger partial charge is 0.469 e. The number of allylic oxidation sites excluding steroid dienone is 2. The van der Waals surface area contributed by atoms with Gasteiger partial charge in [-0.05, 0) is 38.0 Å². The van der Waals surface area contributed by atoms with Crippen molar-refractivity contribution in [1.82, 2.24) is 5.32 Å². The quantitative estimate of drug-likeness (QED) is 0.116. The number of rotatable bonds is 20. The molecule has 0 saturated carbocycles. The molecule has 6 nitrogen and oxygen atoms in total. The van der Waals surface area contributed by atoms with Crippen LogP contribution in [0.4, 0.5) is 0 Å². The predicted octanol–water partition coefficient (Wildman–Crippen LogP) is 6.27. The highest BCUT2D eigenvalue weighted by molar-refractivity contribution is 7.46. The van der Waals surface area contributed by atoms with Crippen molar-refractivity contribution in [2.45, 2.75) is 117 Å². The summed E-state index contributed by atoms with van der Waals surface area (Å²) in [6, 6.07) is -0.395. The van der Waals surface area contributed by atoms with Crippen LogP contribution in [0.25, 0.3) is 0 Å². The number of phosphoric ester groups is 1. The van der Waals surface area contributed by atoms with Crippen molar-refractivity contribution in [2.75, 3.05) is 6.61 Å². The minimum atomic E-state index is -4.51. The number of unbranched alkanes of at least 4 members (excludes halogenated alkanes) is 11. The Morgan fingerprint density at radius 2 is 1.40 bits per heavy atom. The number of amides is 1. The molecule has 0 spiro atoms. The van der Waals surface area contributed by atoms with Crippen LogP contribution in [-0.4, -0.2) is 28.3 Å². The first-order valence-electron chi connectivity index (χ1n) is 11.9. The molecule has 0 fully saturated rings. The van der Waals surface area contributed by atoms with Crippen LogP contribution < -0.4 is 5.32 Å². The lowest BCUT2D eigenvalue weighted by Gasteiger charge is -2.22. The van der Waals surface area contributed by atoms with Gasteiger partial charge >= 0.3 is 7.82 Å². The molecule has 1 atom stereocenters. The van der Waals surface area contributed by atoms with E-state index in [-0.39, 0.29) is 18.4 Å². The SMILES string of the molecule is CCCCCCCC/C=C\CCCCCCCC(=O)N[C@H](COP(=O)(O)O)C(C)C. The minimum absolute atomic E-state index is 0.0367. The second kappa shape index (κ2) is 19.0. The fourth-order valence-electron chi connectivity index (χ4n) is 3.21. The molecule has 178 valence electrons. The highest BCUT2D eigenvalue weighted by atomic mass is 31.2. The number of hydrogen-bond donors (Lipinski definition) is 3. The lowest BCUT2D eigenvalue weighted by atomic mass is 10.0. The van der Waals surface area contributed by atoms with Crippen molar-refractivity contribution >= 4 is 13.7 Å². The Bertz CT molecular complexity index is 490. The number of nitrogens with one attached hydrogen (secondary N) is 1. The first-order valence-corrected chi connectivity index (χ1v) is 13.4. The normalized spacial score (nSPS) is 13.3. The Balaban J connectivity index is 3.61. The van der Waals surface area contributed by atoms with E-state index in [1.54, 1.807) is 0 Å². The first-order chi connectivity index (χ1) is 14.3. The molecule has 0 saturated heterocycles. The molecule has 1 amide bonds. The zero-order chi connectivity index (χ0) is 22.7. The number of phosphoric acid groups is 1. The van der Waals surface area contributed by atoms with Crippen LogP contribution in [0.2, 0.25) is 0 Å². The molecule has 0 radical (unpaired) electrons. The molecular formula is C23H46NO5P. The molecular weight excluding hydrogens is 401 g/mol. The summed E-state index contributed by atoms with van der Waals surface area (Å²) < 4.78 is 15.4. The second-order valence-corrected chi connectivity index (χ2v) is 9.78. The van der Waals surface area contributed by atoms with Gasteiger partial charge in [-0.25, -0.2) is 4.57 Å². The van der Waals surface area contributed by atoms with Crippen LogP contribution in [0.1, 0.15) is 111 Å². The molecule has 0 aromatic rings. The van der Waals surface area contributed by atoms with Gasteiger partial charge < -0.3 is 15.1 Å². The molecule has 0 aliphatic heterocycles. The molecule has 7 heteroatoms. The van der Waals surface area contributed by atoms with Crippen molar-refractivity contribution < 1.29 is 23.7 Å². The molecule has 0 bridgehead atoms. The Labute approximate surface area is 184 Å². The van der Waals surface area contributed by atoms with Crippen LogP contribution >= 0.6 is 7.82 Å². The zero-order valence-corrected chi connectivity index (χ0v) is 20.4. The molecule has 3 N–H and O–H groups in total. The number of carbonyl (C=O) groups is 1. The van der Waals surface area contributed by atoms with Crippen LogP contribution in [0.5, 0.6) is 0 Å². The van der Waals surface area contributed by atoms with Gasteiger partial charge in [-0.1, -0.05) is 84.3 Å².